The molecule has 8 nitrogen and oxygen atoms in total. The number of aryl methyl sites for hydroxylation is 3. The van der Waals surface area contributed by atoms with Gasteiger partial charge in [0.05, 0.1) is 11.5 Å². The van der Waals surface area contributed by atoms with Crippen molar-refractivity contribution in [2.45, 2.75) is 32.1 Å². The van der Waals surface area contributed by atoms with Crippen LogP contribution in [-0.2, 0) is 24.3 Å². The van der Waals surface area contributed by atoms with E-state index in [1.807, 2.05) is 6.92 Å². The van der Waals surface area contributed by atoms with E-state index in [9.17, 15) is 18.0 Å². The van der Waals surface area contributed by atoms with Crippen LogP contribution in [0.25, 0.3) is 0 Å². The summed E-state index contributed by atoms with van der Waals surface area (Å²) in [6.07, 6.45) is -0.0257. The summed E-state index contributed by atoms with van der Waals surface area (Å²) in [4.78, 5) is 22.1. The van der Waals surface area contributed by atoms with Crippen molar-refractivity contribution in [2.24, 2.45) is 0 Å². The Hall–Kier alpha value is -1.97. The van der Waals surface area contributed by atoms with Crippen LogP contribution < -0.4 is 10.0 Å². The van der Waals surface area contributed by atoms with Crippen LogP contribution in [0.3, 0.4) is 0 Å². The van der Waals surface area contributed by atoms with Gasteiger partial charge in [0.2, 0.25) is 15.9 Å². The van der Waals surface area contributed by atoms with Crippen LogP contribution in [0.15, 0.2) is 17.0 Å². The van der Waals surface area contributed by atoms with E-state index in [4.69, 9.17) is 9.84 Å². The van der Waals surface area contributed by atoms with Gasteiger partial charge in [-0.25, -0.2) is 17.9 Å². The minimum absolute atomic E-state index is 0.0257. The number of amides is 1. The van der Waals surface area contributed by atoms with E-state index in [2.05, 4.69) is 10.0 Å². The van der Waals surface area contributed by atoms with Gasteiger partial charge < -0.3 is 15.2 Å². The largest absolute Gasteiger partial charge is 0.480 e. The summed E-state index contributed by atoms with van der Waals surface area (Å²) < 4.78 is 32.0. The molecule has 0 atom stereocenters. The first kappa shape index (κ1) is 21.1. The van der Waals surface area contributed by atoms with Gasteiger partial charge in [-0.3, -0.25) is 4.79 Å². The smallest absolute Gasteiger partial charge is 0.329 e. The summed E-state index contributed by atoms with van der Waals surface area (Å²) in [6.45, 7) is 5.15. The quantitative estimate of drug-likeness (QED) is 0.514. The van der Waals surface area contributed by atoms with Crippen LogP contribution >= 0.6 is 0 Å². The maximum Gasteiger partial charge on any atom is 0.329 e. The summed E-state index contributed by atoms with van der Waals surface area (Å²) in [7, 11) is -3.69. The predicted octanol–water partition coefficient (Wildman–Crippen LogP) is 0.498. The van der Waals surface area contributed by atoms with Gasteiger partial charge in [0.1, 0.15) is 6.61 Å². The number of sulfonamides is 1. The Labute approximate surface area is 147 Å². The summed E-state index contributed by atoms with van der Waals surface area (Å²) in [5.74, 6) is -1.43. The highest BCUT2D eigenvalue weighted by Crippen LogP contribution is 2.21. The molecule has 140 valence electrons. The standard InChI is InChI=1S/C16H24N2O6S/c1-11-8-12(2)16(13(3)9-11)25(22,23)18-5-4-14(19)17-6-7-24-10-15(20)21/h8-9,18H,4-7,10H2,1-3H3,(H,17,19)(H,20,21). The fourth-order valence-corrected chi connectivity index (χ4v) is 3.95. The fourth-order valence-electron chi connectivity index (χ4n) is 2.47. The number of carboxylic acids is 1. The van der Waals surface area contributed by atoms with Gasteiger partial charge in [-0.1, -0.05) is 17.7 Å². The summed E-state index contributed by atoms with van der Waals surface area (Å²) >= 11 is 0. The van der Waals surface area contributed by atoms with Crippen LogP contribution in [0.4, 0.5) is 0 Å². The van der Waals surface area contributed by atoms with Crippen LogP contribution in [0.2, 0.25) is 0 Å². The van der Waals surface area contributed by atoms with Gasteiger partial charge in [-0.05, 0) is 31.9 Å². The number of rotatable bonds is 10. The molecule has 0 aliphatic rings. The first-order valence-electron chi connectivity index (χ1n) is 7.77. The first-order chi connectivity index (χ1) is 11.6. The molecule has 1 amide bonds. The van der Waals surface area contributed by atoms with Crippen molar-refractivity contribution in [1.29, 1.82) is 0 Å². The summed E-state index contributed by atoms with van der Waals surface area (Å²) in [5, 5.41) is 10.9. The maximum atomic E-state index is 12.4. The van der Waals surface area contributed by atoms with Gasteiger partial charge >= 0.3 is 5.97 Å². The second-order valence-electron chi connectivity index (χ2n) is 5.67. The lowest BCUT2D eigenvalue weighted by Gasteiger charge is -2.13. The molecule has 1 aromatic rings. The minimum Gasteiger partial charge on any atom is -0.480 e. The van der Waals surface area contributed by atoms with E-state index < -0.39 is 22.6 Å². The number of nitrogens with one attached hydrogen (secondary N) is 2. The highest BCUT2D eigenvalue weighted by Gasteiger charge is 2.19. The first-order valence-corrected chi connectivity index (χ1v) is 9.25. The lowest BCUT2D eigenvalue weighted by atomic mass is 10.1. The van der Waals surface area contributed by atoms with Crippen molar-refractivity contribution in [2.75, 3.05) is 26.3 Å². The van der Waals surface area contributed by atoms with Crippen molar-refractivity contribution in [3.63, 3.8) is 0 Å². The van der Waals surface area contributed by atoms with Crippen molar-refractivity contribution in [3.8, 4) is 0 Å². The van der Waals surface area contributed by atoms with E-state index in [1.54, 1.807) is 26.0 Å². The Kier molecular flexibility index (Phi) is 8.01. The molecule has 0 heterocycles. The number of carboxylic acid groups (broad SMARTS) is 1. The van der Waals surface area contributed by atoms with Crippen LogP contribution in [0, 0.1) is 20.8 Å². The molecule has 3 N–H and O–H groups in total. The molecule has 1 aromatic carbocycles. The normalized spacial score (nSPS) is 11.3. The lowest BCUT2D eigenvalue weighted by Crippen LogP contribution is -2.33. The molecule has 25 heavy (non-hydrogen) atoms. The topological polar surface area (TPSA) is 122 Å². The van der Waals surface area contributed by atoms with Crippen LogP contribution in [-0.4, -0.2) is 51.7 Å². The van der Waals surface area contributed by atoms with Gasteiger partial charge in [0, 0.05) is 19.5 Å². The van der Waals surface area contributed by atoms with E-state index in [0.717, 1.165) is 5.56 Å². The van der Waals surface area contributed by atoms with Gasteiger partial charge in [0.15, 0.2) is 0 Å². The number of ether oxygens (including phenoxy) is 1. The monoisotopic (exact) mass is 372 g/mol. The third-order valence-corrected chi connectivity index (χ3v) is 5.08. The Bertz CT molecular complexity index is 707. The van der Waals surface area contributed by atoms with Crippen LogP contribution in [0.5, 0.6) is 0 Å². The minimum atomic E-state index is -3.69. The Morgan fingerprint density at radius 2 is 1.72 bits per heavy atom. The number of hydrogen-bond acceptors (Lipinski definition) is 5. The summed E-state index contributed by atoms with van der Waals surface area (Å²) in [6, 6.07) is 3.59. The average molecular weight is 372 g/mol. The molecule has 0 aliphatic heterocycles. The molecule has 0 bridgehead atoms. The Morgan fingerprint density at radius 1 is 1.12 bits per heavy atom. The lowest BCUT2D eigenvalue weighted by molar-refractivity contribution is -0.142. The van der Waals surface area contributed by atoms with Gasteiger partial charge in [0.25, 0.3) is 0 Å². The molecule has 9 heteroatoms. The Morgan fingerprint density at radius 3 is 2.28 bits per heavy atom. The number of benzene rings is 1. The zero-order chi connectivity index (χ0) is 19.0. The van der Waals surface area contributed by atoms with Gasteiger partial charge in [-0.2, -0.15) is 0 Å². The molecule has 0 aromatic heterocycles. The van der Waals surface area contributed by atoms with E-state index in [0.29, 0.717) is 11.1 Å². The van der Waals surface area contributed by atoms with Crippen molar-refractivity contribution in [1.82, 2.24) is 10.0 Å². The Balaban J connectivity index is 2.45. The van der Waals surface area contributed by atoms with E-state index in [-0.39, 0.29) is 36.9 Å². The molecule has 0 radical (unpaired) electrons. The molecule has 0 fully saturated rings. The molecule has 1 rings (SSSR count). The second kappa shape index (κ2) is 9.50. The number of carbonyl (C=O) groups is 2. The highest BCUT2D eigenvalue weighted by atomic mass is 32.2. The fraction of sp³-hybridized carbons (Fsp3) is 0.500. The number of carbonyl (C=O) groups excluding carboxylic acids is 1. The average Bonchev–Trinajstić information content (AvgIpc) is 2.44. The molecule has 0 unspecified atom stereocenters. The van der Waals surface area contributed by atoms with Gasteiger partial charge in [-0.15, -0.1) is 0 Å². The number of hydrogen-bond donors (Lipinski definition) is 3. The SMILES string of the molecule is Cc1cc(C)c(S(=O)(=O)NCCC(=O)NCCOCC(=O)O)c(C)c1. The molecule has 0 saturated carbocycles. The third kappa shape index (κ3) is 7.20. The van der Waals surface area contributed by atoms with Crippen LogP contribution in [0.1, 0.15) is 23.1 Å². The highest BCUT2D eigenvalue weighted by molar-refractivity contribution is 7.89. The maximum absolute atomic E-state index is 12.4. The zero-order valence-corrected chi connectivity index (χ0v) is 15.4. The number of aliphatic carboxylic acids is 1. The summed E-state index contributed by atoms with van der Waals surface area (Å²) in [5.41, 5.74) is 2.30. The molecule has 0 aliphatic carbocycles. The second-order valence-corrected chi connectivity index (χ2v) is 7.38. The van der Waals surface area contributed by atoms with Crippen molar-refractivity contribution in [3.05, 3.63) is 28.8 Å². The zero-order valence-electron chi connectivity index (χ0n) is 14.6. The van der Waals surface area contributed by atoms with Crippen molar-refractivity contribution < 1.29 is 27.9 Å². The van der Waals surface area contributed by atoms with E-state index in [1.165, 1.54) is 0 Å². The molecular formula is C16H24N2O6S. The molecular weight excluding hydrogens is 348 g/mol. The third-order valence-electron chi connectivity index (χ3n) is 3.31. The predicted molar refractivity (Wildman–Crippen MR) is 91.9 cm³/mol. The van der Waals surface area contributed by atoms with Crippen molar-refractivity contribution >= 4 is 21.9 Å². The van der Waals surface area contributed by atoms with E-state index >= 15 is 0 Å². The molecule has 0 saturated heterocycles. The molecule has 0 spiro atoms.